The van der Waals surface area contributed by atoms with Gasteiger partial charge >= 0.3 is 0 Å². The van der Waals surface area contributed by atoms with E-state index in [4.69, 9.17) is 10.5 Å². The SMILES string of the molecule is CCOc1ccc(C(O)(CN)c2ccccc2)cc1. The number of ether oxygens (including phenoxy) is 1. The number of hydrogen-bond donors (Lipinski definition) is 2. The lowest BCUT2D eigenvalue weighted by Gasteiger charge is -2.27. The van der Waals surface area contributed by atoms with E-state index in [-0.39, 0.29) is 6.54 Å². The molecule has 0 aliphatic carbocycles. The molecule has 0 radical (unpaired) electrons. The van der Waals surface area contributed by atoms with Crippen molar-refractivity contribution in [3.63, 3.8) is 0 Å². The van der Waals surface area contributed by atoms with Crippen molar-refractivity contribution in [3.8, 4) is 5.75 Å². The Morgan fingerprint density at radius 1 is 1.00 bits per heavy atom. The lowest BCUT2D eigenvalue weighted by atomic mass is 9.86. The van der Waals surface area contributed by atoms with Crippen LogP contribution in [0.3, 0.4) is 0 Å². The van der Waals surface area contributed by atoms with E-state index in [9.17, 15) is 5.11 Å². The van der Waals surface area contributed by atoms with E-state index in [0.29, 0.717) is 6.61 Å². The summed E-state index contributed by atoms with van der Waals surface area (Å²) in [7, 11) is 0. The maximum atomic E-state index is 10.8. The summed E-state index contributed by atoms with van der Waals surface area (Å²) >= 11 is 0. The molecule has 0 aliphatic heterocycles. The van der Waals surface area contributed by atoms with Crippen LogP contribution in [0.4, 0.5) is 0 Å². The van der Waals surface area contributed by atoms with Crippen molar-refractivity contribution in [3.05, 3.63) is 65.7 Å². The quantitative estimate of drug-likeness (QED) is 0.864. The number of nitrogens with two attached hydrogens (primary N) is 1. The first kappa shape index (κ1) is 13.6. The summed E-state index contributed by atoms with van der Waals surface area (Å²) in [5, 5.41) is 10.8. The zero-order chi connectivity index (χ0) is 13.7. The third kappa shape index (κ3) is 2.78. The minimum absolute atomic E-state index is 0.130. The lowest BCUT2D eigenvalue weighted by Crippen LogP contribution is -2.36. The Morgan fingerprint density at radius 2 is 1.58 bits per heavy atom. The van der Waals surface area contributed by atoms with E-state index in [2.05, 4.69) is 0 Å². The molecule has 19 heavy (non-hydrogen) atoms. The second-order valence-corrected chi connectivity index (χ2v) is 4.39. The minimum atomic E-state index is -1.16. The predicted molar refractivity (Wildman–Crippen MR) is 76.1 cm³/mol. The van der Waals surface area contributed by atoms with Gasteiger partial charge in [-0.05, 0) is 30.2 Å². The van der Waals surface area contributed by atoms with Gasteiger partial charge in [-0.1, -0.05) is 42.5 Å². The molecule has 1 atom stereocenters. The molecule has 0 fully saturated rings. The molecule has 3 heteroatoms. The molecule has 1 unspecified atom stereocenters. The summed E-state index contributed by atoms with van der Waals surface area (Å²) in [5.74, 6) is 0.790. The molecule has 100 valence electrons. The van der Waals surface area contributed by atoms with E-state index in [1.165, 1.54) is 0 Å². The van der Waals surface area contributed by atoms with E-state index in [1.807, 2.05) is 61.5 Å². The number of aliphatic hydroxyl groups is 1. The van der Waals surface area contributed by atoms with Gasteiger partial charge in [-0.25, -0.2) is 0 Å². The molecule has 0 saturated heterocycles. The molecule has 0 heterocycles. The van der Waals surface area contributed by atoms with Crippen LogP contribution >= 0.6 is 0 Å². The molecule has 3 N–H and O–H groups in total. The molecule has 0 aromatic heterocycles. The third-order valence-corrected chi connectivity index (χ3v) is 3.19. The summed E-state index contributed by atoms with van der Waals surface area (Å²) in [6.45, 7) is 2.69. The van der Waals surface area contributed by atoms with Crippen molar-refractivity contribution in [1.82, 2.24) is 0 Å². The molecule has 0 bridgehead atoms. The maximum Gasteiger partial charge on any atom is 0.127 e. The summed E-state index contributed by atoms with van der Waals surface area (Å²) in [6, 6.07) is 16.9. The summed E-state index contributed by atoms with van der Waals surface area (Å²) in [4.78, 5) is 0. The second kappa shape index (κ2) is 5.87. The van der Waals surface area contributed by atoms with Gasteiger partial charge in [0.25, 0.3) is 0 Å². The van der Waals surface area contributed by atoms with Crippen molar-refractivity contribution in [2.75, 3.05) is 13.2 Å². The molecule has 0 aliphatic rings. The van der Waals surface area contributed by atoms with Crippen molar-refractivity contribution < 1.29 is 9.84 Å². The molecule has 3 nitrogen and oxygen atoms in total. The second-order valence-electron chi connectivity index (χ2n) is 4.39. The highest BCUT2D eigenvalue weighted by Crippen LogP contribution is 2.29. The Morgan fingerprint density at radius 3 is 2.11 bits per heavy atom. The number of hydrogen-bond acceptors (Lipinski definition) is 3. The highest BCUT2D eigenvalue weighted by Gasteiger charge is 2.29. The van der Waals surface area contributed by atoms with Gasteiger partial charge in [0.1, 0.15) is 11.4 Å². The van der Waals surface area contributed by atoms with Crippen molar-refractivity contribution >= 4 is 0 Å². The van der Waals surface area contributed by atoms with Gasteiger partial charge in [0.05, 0.1) is 6.61 Å². The molecule has 2 aromatic carbocycles. The average molecular weight is 257 g/mol. The lowest BCUT2D eigenvalue weighted by molar-refractivity contribution is 0.0902. The Hall–Kier alpha value is -1.84. The van der Waals surface area contributed by atoms with Gasteiger partial charge in [-0.2, -0.15) is 0 Å². The Balaban J connectivity index is 2.36. The molecular formula is C16H19NO2. The minimum Gasteiger partial charge on any atom is -0.494 e. The summed E-state index contributed by atoms with van der Waals surface area (Å²) < 4.78 is 5.40. The smallest absolute Gasteiger partial charge is 0.127 e. The fourth-order valence-electron chi connectivity index (χ4n) is 2.11. The zero-order valence-corrected chi connectivity index (χ0v) is 11.0. The van der Waals surface area contributed by atoms with Crippen LogP contribution in [0.2, 0.25) is 0 Å². The summed E-state index contributed by atoms with van der Waals surface area (Å²) in [6.07, 6.45) is 0. The van der Waals surface area contributed by atoms with Gasteiger partial charge < -0.3 is 15.6 Å². The molecule has 2 rings (SSSR count). The Bertz CT molecular complexity index is 510. The third-order valence-electron chi connectivity index (χ3n) is 3.19. The Kier molecular flexibility index (Phi) is 4.20. The van der Waals surface area contributed by atoms with Crippen LogP contribution < -0.4 is 10.5 Å². The first-order chi connectivity index (χ1) is 9.20. The fraction of sp³-hybridized carbons (Fsp3) is 0.250. The molecule has 0 amide bonds. The van der Waals surface area contributed by atoms with Gasteiger partial charge in [0, 0.05) is 6.54 Å². The molecule has 2 aromatic rings. The maximum absolute atomic E-state index is 10.8. The normalized spacial score (nSPS) is 13.8. The van der Waals surface area contributed by atoms with Crippen molar-refractivity contribution in [1.29, 1.82) is 0 Å². The number of benzene rings is 2. The van der Waals surface area contributed by atoms with Crippen LogP contribution in [0, 0.1) is 0 Å². The monoisotopic (exact) mass is 257 g/mol. The predicted octanol–water partition coefficient (Wildman–Crippen LogP) is 2.28. The van der Waals surface area contributed by atoms with Gasteiger partial charge in [0.15, 0.2) is 0 Å². The summed E-state index contributed by atoms with van der Waals surface area (Å²) in [5.41, 5.74) is 6.19. The van der Waals surface area contributed by atoms with Crippen LogP contribution in [0.15, 0.2) is 54.6 Å². The standard InChI is InChI=1S/C16H19NO2/c1-2-19-15-10-8-14(9-11-15)16(18,12-17)13-6-4-3-5-7-13/h3-11,18H,2,12,17H2,1H3. The first-order valence-corrected chi connectivity index (χ1v) is 6.42. The van der Waals surface area contributed by atoms with Gasteiger partial charge in [-0.3, -0.25) is 0 Å². The fourth-order valence-corrected chi connectivity index (χ4v) is 2.11. The molecule has 0 spiro atoms. The largest absolute Gasteiger partial charge is 0.494 e. The van der Waals surface area contributed by atoms with Crippen LogP contribution in [-0.4, -0.2) is 18.3 Å². The van der Waals surface area contributed by atoms with Crippen LogP contribution in [0.25, 0.3) is 0 Å². The van der Waals surface area contributed by atoms with E-state index in [0.717, 1.165) is 16.9 Å². The van der Waals surface area contributed by atoms with Crippen LogP contribution in [0.1, 0.15) is 18.1 Å². The van der Waals surface area contributed by atoms with Crippen molar-refractivity contribution in [2.45, 2.75) is 12.5 Å². The first-order valence-electron chi connectivity index (χ1n) is 6.42. The van der Waals surface area contributed by atoms with E-state index in [1.54, 1.807) is 0 Å². The molecular weight excluding hydrogens is 238 g/mol. The van der Waals surface area contributed by atoms with Gasteiger partial charge in [0.2, 0.25) is 0 Å². The zero-order valence-electron chi connectivity index (χ0n) is 11.0. The highest BCUT2D eigenvalue weighted by atomic mass is 16.5. The van der Waals surface area contributed by atoms with Gasteiger partial charge in [-0.15, -0.1) is 0 Å². The highest BCUT2D eigenvalue weighted by molar-refractivity contribution is 5.39. The van der Waals surface area contributed by atoms with Crippen LogP contribution in [-0.2, 0) is 5.60 Å². The van der Waals surface area contributed by atoms with E-state index >= 15 is 0 Å². The van der Waals surface area contributed by atoms with Crippen LogP contribution in [0.5, 0.6) is 5.75 Å². The molecule has 0 saturated carbocycles. The number of rotatable bonds is 5. The van der Waals surface area contributed by atoms with Crippen molar-refractivity contribution in [2.24, 2.45) is 5.73 Å². The van der Waals surface area contributed by atoms with E-state index < -0.39 is 5.60 Å². The Labute approximate surface area is 113 Å². The average Bonchev–Trinajstić information content (AvgIpc) is 2.48. The topological polar surface area (TPSA) is 55.5 Å².